The molecule has 0 heterocycles. The van der Waals surface area contributed by atoms with E-state index in [0.29, 0.717) is 51.6 Å². The van der Waals surface area contributed by atoms with Crippen LogP contribution in [0.4, 0.5) is 11.4 Å². The van der Waals surface area contributed by atoms with Crippen LogP contribution >= 0.6 is 0 Å². The third kappa shape index (κ3) is 5.54. The van der Waals surface area contributed by atoms with Gasteiger partial charge in [-0.05, 0) is 152 Å². The van der Waals surface area contributed by atoms with Gasteiger partial charge in [0.15, 0.2) is 0 Å². The lowest BCUT2D eigenvalue weighted by atomic mass is 9.29. The van der Waals surface area contributed by atoms with Gasteiger partial charge in [0.25, 0.3) is 0 Å². The van der Waals surface area contributed by atoms with Crippen molar-refractivity contribution in [1.82, 2.24) is 0 Å². The first kappa shape index (κ1) is 33.5. The number of hydrogen-bond acceptors (Lipinski definition) is 6. The van der Waals surface area contributed by atoms with Gasteiger partial charge in [-0.25, -0.2) is 9.59 Å². The molecule has 5 aliphatic carbocycles. The second kappa shape index (κ2) is 12.7. The number of benzene rings is 2. The van der Waals surface area contributed by atoms with Crippen molar-refractivity contribution in [2.75, 3.05) is 11.5 Å². The zero-order chi connectivity index (χ0) is 34.0. The number of carbonyl (C=O) groups excluding carboxylic acids is 2. The number of carbonyl (C=O) groups is 2. The molecule has 1 spiro atoms. The Bertz CT molecular complexity index is 1490. The molecule has 0 radical (unpaired) electrons. The number of hydrogen-bond donors (Lipinski definition) is 2. The molecule has 5 saturated carbocycles. The molecule has 12 atom stereocenters. The molecule has 2 aromatic rings. The summed E-state index contributed by atoms with van der Waals surface area (Å²) in [6.07, 6.45) is 11.2. The Balaban J connectivity index is 1.16. The predicted molar refractivity (Wildman–Crippen MR) is 191 cm³/mol. The van der Waals surface area contributed by atoms with Crippen LogP contribution in [0.1, 0.15) is 120 Å². The molecule has 0 aliphatic heterocycles. The van der Waals surface area contributed by atoms with Crippen molar-refractivity contribution in [3.8, 4) is 0 Å². The third-order valence-corrected chi connectivity index (χ3v) is 14.7. The Morgan fingerprint density at radius 3 is 2.06 bits per heavy atom. The van der Waals surface area contributed by atoms with Gasteiger partial charge < -0.3 is 20.9 Å². The summed E-state index contributed by atoms with van der Waals surface area (Å²) < 4.78 is 12.8. The first-order chi connectivity index (χ1) is 22.9. The quantitative estimate of drug-likeness (QED) is 0.206. The van der Waals surface area contributed by atoms with E-state index >= 15 is 0 Å². The number of fused-ring (bicyclic) bond motifs is 2. The van der Waals surface area contributed by atoms with Crippen LogP contribution in [-0.2, 0) is 9.47 Å². The van der Waals surface area contributed by atoms with Gasteiger partial charge in [-0.3, -0.25) is 0 Å². The molecule has 0 amide bonds. The van der Waals surface area contributed by atoms with Crippen molar-refractivity contribution < 1.29 is 19.1 Å². The topological polar surface area (TPSA) is 105 Å². The van der Waals surface area contributed by atoms with E-state index in [-0.39, 0.29) is 35.5 Å². The van der Waals surface area contributed by atoms with E-state index in [1.807, 2.05) is 0 Å². The molecule has 4 N–H and O–H groups in total. The monoisotopic (exact) mass is 654 g/mol. The molecule has 48 heavy (non-hydrogen) atoms. The van der Waals surface area contributed by atoms with Crippen molar-refractivity contribution in [1.29, 1.82) is 0 Å². The Labute approximate surface area is 288 Å². The Morgan fingerprint density at radius 1 is 0.812 bits per heavy atom. The van der Waals surface area contributed by atoms with E-state index in [0.717, 1.165) is 49.4 Å². The van der Waals surface area contributed by atoms with Gasteiger partial charge in [-0.15, -0.1) is 0 Å². The van der Waals surface area contributed by atoms with Crippen molar-refractivity contribution in [3.63, 3.8) is 0 Å². The number of nitrogens with two attached hydrogens (primary N) is 2. The van der Waals surface area contributed by atoms with Gasteiger partial charge in [-0.1, -0.05) is 53.9 Å². The molecule has 5 fully saturated rings. The van der Waals surface area contributed by atoms with Crippen molar-refractivity contribution >= 4 is 23.3 Å². The fraction of sp³-hybridized carbons (Fsp3) is 0.667. The van der Waals surface area contributed by atoms with Gasteiger partial charge >= 0.3 is 11.9 Å². The van der Waals surface area contributed by atoms with Crippen LogP contribution in [0, 0.1) is 64.1 Å². The lowest BCUT2D eigenvalue weighted by Crippen LogP contribution is -2.73. The smallest absolute Gasteiger partial charge is 0.338 e. The molecular formula is C42H58N2O4. The van der Waals surface area contributed by atoms with Gasteiger partial charge in [0, 0.05) is 17.3 Å². The van der Waals surface area contributed by atoms with Gasteiger partial charge in [0.05, 0.1) is 11.1 Å². The fourth-order valence-corrected chi connectivity index (χ4v) is 12.7. The predicted octanol–water partition coefficient (Wildman–Crippen LogP) is 9.19. The van der Waals surface area contributed by atoms with Crippen LogP contribution in [-0.4, -0.2) is 24.1 Å². The molecule has 0 bridgehead atoms. The fourth-order valence-electron chi connectivity index (χ4n) is 12.7. The zero-order valence-electron chi connectivity index (χ0n) is 29.8. The Kier molecular flexibility index (Phi) is 8.86. The standard InChI is InChI=1S/C42H58N2O4/c1-24(2)7-6-8-25(3)34-17-18-35-32-22-37(48-40(46)28-11-15-30(44)16-12-28)36-21-31(47-39(45)27-9-13-29(43)14-10-27)19-20-42(36)26(4)33(38(32)42)23-41(34,35)5/h9-16,24-26,31-38H,6-8,17-23,43-44H2,1-5H3. The first-order valence-corrected chi connectivity index (χ1v) is 19.1. The largest absolute Gasteiger partial charge is 0.459 e. The highest BCUT2D eigenvalue weighted by atomic mass is 16.6. The molecule has 260 valence electrons. The molecular weight excluding hydrogens is 596 g/mol. The average molecular weight is 655 g/mol. The average Bonchev–Trinajstić information content (AvgIpc) is 3.41. The van der Waals surface area contributed by atoms with Crippen molar-refractivity contribution in [2.24, 2.45) is 64.1 Å². The normalized spacial score (nSPS) is 38.6. The highest BCUT2D eigenvalue weighted by molar-refractivity contribution is 5.90. The molecule has 6 heteroatoms. The van der Waals surface area contributed by atoms with Crippen molar-refractivity contribution in [3.05, 3.63) is 59.7 Å². The minimum Gasteiger partial charge on any atom is -0.459 e. The van der Waals surface area contributed by atoms with Crippen LogP contribution in [0.25, 0.3) is 0 Å². The number of rotatable bonds is 9. The molecule has 7 rings (SSSR count). The van der Waals surface area contributed by atoms with Crippen LogP contribution in [0.3, 0.4) is 0 Å². The summed E-state index contributed by atoms with van der Waals surface area (Å²) >= 11 is 0. The summed E-state index contributed by atoms with van der Waals surface area (Å²) in [5.41, 5.74) is 14.6. The third-order valence-electron chi connectivity index (χ3n) is 14.7. The maximum Gasteiger partial charge on any atom is 0.338 e. The molecule has 2 aromatic carbocycles. The maximum atomic E-state index is 13.8. The summed E-state index contributed by atoms with van der Waals surface area (Å²) in [5.74, 6) is 5.13. The van der Waals surface area contributed by atoms with Crippen LogP contribution in [0.5, 0.6) is 0 Å². The highest BCUT2D eigenvalue weighted by Gasteiger charge is 2.75. The Hall–Kier alpha value is -3.02. The highest BCUT2D eigenvalue weighted by Crippen LogP contribution is 2.79. The van der Waals surface area contributed by atoms with Gasteiger partial charge in [0.2, 0.25) is 0 Å². The Morgan fingerprint density at radius 2 is 1.44 bits per heavy atom. The van der Waals surface area contributed by atoms with E-state index < -0.39 is 0 Å². The summed E-state index contributed by atoms with van der Waals surface area (Å²) in [6.45, 7) is 12.4. The second-order valence-corrected chi connectivity index (χ2v) is 17.4. The summed E-state index contributed by atoms with van der Waals surface area (Å²) in [7, 11) is 0. The number of esters is 2. The van der Waals surface area contributed by atoms with E-state index in [2.05, 4.69) is 34.6 Å². The van der Waals surface area contributed by atoms with Crippen LogP contribution in [0.15, 0.2) is 48.5 Å². The van der Waals surface area contributed by atoms with E-state index in [1.54, 1.807) is 48.5 Å². The molecule has 5 aliphatic rings. The molecule has 0 saturated heterocycles. The minimum atomic E-state index is -0.299. The molecule has 0 aromatic heterocycles. The van der Waals surface area contributed by atoms with Crippen LogP contribution < -0.4 is 11.5 Å². The zero-order valence-corrected chi connectivity index (χ0v) is 29.8. The van der Waals surface area contributed by atoms with E-state index in [9.17, 15) is 9.59 Å². The maximum absolute atomic E-state index is 13.8. The van der Waals surface area contributed by atoms with E-state index in [1.165, 1.54) is 38.5 Å². The molecule has 6 nitrogen and oxygen atoms in total. The minimum absolute atomic E-state index is 0.131. The first-order valence-electron chi connectivity index (χ1n) is 19.1. The summed E-state index contributed by atoms with van der Waals surface area (Å²) in [6, 6.07) is 14.1. The number of nitrogen functional groups attached to an aromatic ring is 2. The lowest BCUT2D eigenvalue weighted by molar-refractivity contribution is -0.298. The van der Waals surface area contributed by atoms with E-state index in [4.69, 9.17) is 20.9 Å². The summed E-state index contributed by atoms with van der Waals surface area (Å²) in [4.78, 5) is 27.0. The summed E-state index contributed by atoms with van der Waals surface area (Å²) in [5, 5.41) is 0. The van der Waals surface area contributed by atoms with Gasteiger partial charge in [-0.2, -0.15) is 0 Å². The van der Waals surface area contributed by atoms with Gasteiger partial charge in [0.1, 0.15) is 12.2 Å². The number of ether oxygens (including phenoxy) is 2. The van der Waals surface area contributed by atoms with Crippen molar-refractivity contribution in [2.45, 2.75) is 111 Å². The SMILES string of the molecule is CC(C)CCCC(C)C1CCC2C3CC(OC(=O)c4ccc(N)cc4)C4CC(OC(=O)c5ccc(N)cc5)CCC45C(C)C(CC12C)C35. The second-order valence-electron chi connectivity index (χ2n) is 17.4. The lowest BCUT2D eigenvalue weighted by Gasteiger charge is -2.76. The molecule has 12 unspecified atom stereocenters. The van der Waals surface area contributed by atoms with Crippen LogP contribution in [0.2, 0.25) is 0 Å². The number of anilines is 2.